The number of aromatic nitrogens is 1. The number of aliphatic carboxylic acids is 1. The highest BCUT2D eigenvalue weighted by Gasteiger charge is 2.09. The minimum Gasteiger partial charge on any atom is -0.481 e. The van der Waals surface area contributed by atoms with Crippen LogP contribution in [0.25, 0.3) is 10.2 Å². The predicted octanol–water partition coefficient (Wildman–Crippen LogP) is 3.21. The van der Waals surface area contributed by atoms with Crippen LogP contribution in [-0.4, -0.2) is 22.6 Å². The Morgan fingerprint density at radius 3 is 3.00 bits per heavy atom. The lowest BCUT2D eigenvalue weighted by Gasteiger charge is -2.05. The SMILES string of the molecule is CC(CCCNc1nc2ccccc2s1)C(=O)O. The lowest BCUT2D eigenvalue weighted by atomic mass is 10.1. The number of thiazole rings is 1. The van der Waals surface area contributed by atoms with E-state index >= 15 is 0 Å². The Morgan fingerprint density at radius 2 is 2.28 bits per heavy atom. The number of hydrogen-bond donors (Lipinski definition) is 2. The van der Waals surface area contributed by atoms with E-state index in [-0.39, 0.29) is 5.92 Å². The molecule has 1 heterocycles. The van der Waals surface area contributed by atoms with Crippen molar-refractivity contribution in [3.8, 4) is 0 Å². The molecule has 4 nitrogen and oxygen atoms in total. The fourth-order valence-electron chi connectivity index (χ4n) is 1.67. The molecule has 0 aliphatic rings. The summed E-state index contributed by atoms with van der Waals surface area (Å²) in [5.74, 6) is -1.00. The van der Waals surface area contributed by atoms with Crippen molar-refractivity contribution in [1.82, 2.24) is 4.98 Å². The summed E-state index contributed by atoms with van der Waals surface area (Å²) in [5.41, 5.74) is 1.00. The monoisotopic (exact) mass is 264 g/mol. The van der Waals surface area contributed by atoms with E-state index < -0.39 is 5.97 Å². The van der Waals surface area contributed by atoms with Crippen LogP contribution in [0.4, 0.5) is 5.13 Å². The Labute approximate surface area is 110 Å². The quantitative estimate of drug-likeness (QED) is 0.786. The summed E-state index contributed by atoms with van der Waals surface area (Å²) in [6.07, 6.45) is 1.52. The first-order valence-electron chi connectivity index (χ1n) is 5.99. The van der Waals surface area contributed by atoms with Gasteiger partial charge in [0.05, 0.1) is 16.1 Å². The fourth-order valence-corrected chi connectivity index (χ4v) is 2.57. The third-order valence-corrected chi connectivity index (χ3v) is 3.80. The van der Waals surface area contributed by atoms with Gasteiger partial charge in [-0.2, -0.15) is 0 Å². The number of para-hydroxylation sites is 1. The first kappa shape index (κ1) is 12.8. The van der Waals surface area contributed by atoms with E-state index in [1.165, 1.54) is 4.70 Å². The van der Waals surface area contributed by atoms with Crippen molar-refractivity contribution in [3.05, 3.63) is 24.3 Å². The number of carboxylic acids is 1. The van der Waals surface area contributed by atoms with Crippen LogP contribution in [0.15, 0.2) is 24.3 Å². The number of carboxylic acid groups (broad SMARTS) is 1. The van der Waals surface area contributed by atoms with Gasteiger partial charge in [-0.15, -0.1) is 0 Å². The number of fused-ring (bicyclic) bond motifs is 1. The zero-order valence-corrected chi connectivity index (χ0v) is 11.0. The first-order valence-corrected chi connectivity index (χ1v) is 6.80. The van der Waals surface area contributed by atoms with Crippen LogP contribution < -0.4 is 5.32 Å². The second kappa shape index (κ2) is 5.82. The molecule has 1 atom stereocenters. The lowest BCUT2D eigenvalue weighted by molar-refractivity contribution is -0.141. The highest BCUT2D eigenvalue weighted by atomic mass is 32.1. The van der Waals surface area contributed by atoms with Crippen LogP contribution in [0.1, 0.15) is 19.8 Å². The molecule has 96 valence electrons. The van der Waals surface area contributed by atoms with Crippen LogP contribution in [-0.2, 0) is 4.79 Å². The van der Waals surface area contributed by atoms with Gasteiger partial charge in [0, 0.05) is 6.54 Å². The highest BCUT2D eigenvalue weighted by Crippen LogP contribution is 2.25. The average Bonchev–Trinajstić information content (AvgIpc) is 2.76. The summed E-state index contributed by atoms with van der Waals surface area (Å²) in [4.78, 5) is 15.1. The number of hydrogen-bond acceptors (Lipinski definition) is 4. The van der Waals surface area contributed by atoms with Crippen molar-refractivity contribution in [3.63, 3.8) is 0 Å². The van der Waals surface area contributed by atoms with Gasteiger partial charge in [0.25, 0.3) is 0 Å². The second-order valence-corrected chi connectivity index (χ2v) is 5.33. The number of anilines is 1. The number of nitrogens with zero attached hydrogens (tertiary/aromatic N) is 1. The summed E-state index contributed by atoms with van der Waals surface area (Å²) in [6, 6.07) is 8.01. The summed E-state index contributed by atoms with van der Waals surface area (Å²) in [5, 5.41) is 12.9. The molecule has 1 aromatic carbocycles. The maximum Gasteiger partial charge on any atom is 0.306 e. The summed E-state index contributed by atoms with van der Waals surface area (Å²) < 4.78 is 1.17. The van der Waals surface area contributed by atoms with Gasteiger partial charge in [-0.3, -0.25) is 4.79 Å². The van der Waals surface area contributed by atoms with Crippen molar-refractivity contribution in [1.29, 1.82) is 0 Å². The molecule has 0 amide bonds. The molecule has 18 heavy (non-hydrogen) atoms. The van der Waals surface area contributed by atoms with Crippen molar-refractivity contribution in [2.45, 2.75) is 19.8 Å². The van der Waals surface area contributed by atoms with Crippen molar-refractivity contribution in [2.75, 3.05) is 11.9 Å². The minimum atomic E-state index is -0.727. The zero-order valence-electron chi connectivity index (χ0n) is 10.2. The second-order valence-electron chi connectivity index (χ2n) is 4.30. The van der Waals surface area contributed by atoms with Gasteiger partial charge in [0.15, 0.2) is 5.13 Å². The highest BCUT2D eigenvalue weighted by molar-refractivity contribution is 7.22. The Bertz CT molecular complexity index is 506. The Balaban J connectivity index is 1.81. The molecule has 2 N–H and O–H groups in total. The van der Waals surface area contributed by atoms with Crippen molar-refractivity contribution in [2.24, 2.45) is 5.92 Å². The van der Waals surface area contributed by atoms with Crippen molar-refractivity contribution < 1.29 is 9.90 Å². The summed E-state index contributed by atoms with van der Waals surface area (Å²) in [6.45, 7) is 2.50. The Kier molecular flexibility index (Phi) is 4.15. The number of benzene rings is 1. The maximum absolute atomic E-state index is 10.7. The Hall–Kier alpha value is -1.62. The molecule has 0 aliphatic heterocycles. The molecule has 0 spiro atoms. The van der Waals surface area contributed by atoms with E-state index in [0.717, 1.165) is 23.6 Å². The topological polar surface area (TPSA) is 62.2 Å². The lowest BCUT2D eigenvalue weighted by Crippen LogP contribution is -2.11. The molecule has 0 radical (unpaired) electrons. The van der Waals surface area contributed by atoms with E-state index in [1.807, 2.05) is 24.3 Å². The van der Waals surface area contributed by atoms with E-state index in [2.05, 4.69) is 10.3 Å². The van der Waals surface area contributed by atoms with Gasteiger partial charge >= 0.3 is 5.97 Å². The first-order chi connectivity index (χ1) is 8.66. The van der Waals surface area contributed by atoms with Crippen LogP contribution in [0.5, 0.6) is 0 Å². The molecule has 1 unspecified atom stereocenters. The van der Waals surface area contributed by atoms with Crippen LogP contribution in [0, 0.1) is 5.92 Å². The third-order valence-electron chi connectivity index (χ3n) is 2.81. The van der Waals surface area contributed by atoms with Gasteiger partial charge in [0.1, 0.15) is 0 Å². The molecule has 0 saturated heterocycles. The summed E-state index contributed by atoms with van der Waals surface area (Å²) in [7, 11) is 0. The van der Waals surface area contributed by atoms with Crippen LogP contribution >= 0.6 is 11.3 Å². The molecule has 0 bridgehead atoms. The molecule has 5 heteroatoms. The predicted molar refractivity (Wildman–Crippen MR) is 74.1 cm³/mol. The molecule has 0 aliphatic carbocycles. The van der Waals surface area contributed by atoms with Crippen LogP contribution in [0.2, 0.25) is 0 Å². The molecule has 1 aromatic heterocycles. The normalized spacial score (nSPS) is 12.5. The number of rotatable bonds is 6. The van der Waals surface area contributed by atoms with E-state index in [4.69, 9.17) is 5.11 Å². The van der Waals surface area contributed by atoms with Gasteiger partial charge in [0.2, 0.25) is 0 Å². The minimum absolute atomic E-state index is 0.276. The fraction of sp³-hybridized carbons (Fsp3) is 0.385. The molecule has 2 rings (SSSR count). The average molecular weight is 264 g/mol. The van der Waals surface area contributed by atoms with Gasteiger partial charge in [-0.1, -0.05) is 30.4 Å². The van der Waals surface area contributed by atoms with E-state index in [9.17, 15) is 4.79 Å². The molecule has 0 fully saturated rings. The zero-order chi connectivity index (χ0) is 13.0. The molecular weight excluding hydrogens is 248 g/mol. The molecular formula is C13H16N2O2S. The number of nitrogens with one attached hydrogen (secondary N) is 1. The molecule has 0 saturated carbocycles. The van der Waals surface area contributed by atoms with Gasteiger partial charge in [-0.05, 0) is 25.0 Å². The number of carbonyl (C=O) groups is 1. The van der Waals surface area contributed by atoms with Gasteiger partial charge in [-0.25, -0.2) is 4.98 Å². The van der Waals surface area contributed by atoms with Crippen LogP contribution in [0.3, 0.4) is 0 Å². The smallest absolute Gasteiger partial charge is 0.306 e. The summed E-state index contributed by atoms with van der Waals surface area (Å²) >= 11 is 1.62. The largest absolute Gasteiger partial charge is 0.481 e. The van der Waals surface area contributed by atoms with E-state index in [0.29, 0.717) is 6.42 Å². The molecule has 2 aromatic rings. The van der Waals surface area contributed by atoms with E-state index in [1.54, 1.807) is 18.3 Å². The third kappa shape index (κ3) is 3.20. The Morgan fingerprint density at radius 1 is 1.50 bits per heavy atom. The standard InChI is InChI=1S/C13H16N2O2S/c1-9(12(16)17)5-4-8-14-13-15-10-6-2-3-7-11(10)18-13/h2-3,6-7,9H,4-5,8H2,1H3,(H,14,15)(H,16,17). The van der Waals surface area contributed by atoms with Crippen molar-refractivity contribution >= 4 is 32.7 Å². The maximum atomic E-state index is 10.7. The van der Waals surface area contributed by atoms with Gasteiger partial charge < -0.3 is 10.4 Å².